The van der Waals surface area contributed by atoms with Crippen LogP contribution < -0.4 is 9.80 Å². The third-order valence-corrected chi connectivity index (χ3v) is 20.0. The first kappa shape index (κ1) is 41.6. The van der Waals surface area contributed by atoms with Crippen molar-refractivity contribution in [2.75, 3.05) is 9.80 Å². The van der Waals surface area contributed by atoms with Crippen LogP contribution in [0, 0.1) is 0 Å². The van der Waals surface area contributed by atoms with Crippen LogP contribution in [-0.4, -0.2) is 11.1 Å². The van der Waals surface area contributed by atoms with Gasteiger partial charge in [0.2, 0.25) is 0 Å². The number of anilines is 4. The summed E-state index contributed by atoms with van der Waals surface area (Å²) in [5.74, 6) is 0. The van der Waals surface area contributed by atoms with Crippen molar-refractivity contribution in [2.24, 2.45) is 0 Å². The van der Waals surface area contributed by atoms with Crippen molar-refractivity contribution in [1.29, 1.82) is 0 Å². The van der Waals surface area contributed by atoms with Crippen LogP contribution >= 0.6 is 0 Å². The van der Waals surface area contributed by atoms with Crippen LogP contribution in [0.5, 0.6) is 0 Å². The van der Waals surface area contributed by atoms with E-state index in [-0.39, 0.29) is 21.9 Å². The smallest absolute Gasteiger partial charge is 0.0720 e. The topological polar surface area (TPSA) is 6.48 Å². The van der Waals surface area contributed by atoms with E-state index in [9.17, 15) is 0 Å². The van der Waals surface area contributed by atoms with Gasteiger partial charge in [0.05, 0.1) is 27.9 Å². The van der Waals surface area contributed by atoms with Crippen LogP contribution in [0.25, 0.3) is 54.2 Å². The molecule has 0 aromatic heterocycles. The first-order valence-corrected chi connectivity index (χ1v) is 26.6. The summed E-state index contributed by atoms with van der Waals surface area (Å²) >= 11 is 0. The van der Waals surface area contributed by atoms with Gasteiger partial charge in [0.1, 0.15) is 0 Å². The summed E-state index contributed by atoms with van der Waals surface area (Å²) in [4.78, 5) is 5.64. The number of benzene rings is 10. The minimum Gasteiger partial charge on any atom is -0.334 e. The van der Waals surface area contributed by atoms with Crippen molar-refractivity contribution in [3.05, 3.63) is 228 Å². The first-order chi connectivity index (χ1) is 34.7. The Morgan fingerprint density at radius 3 is 1.38 bits per heavy atom. The molecule has 2 saturated carbocycles. The molecule has 10 aromatic rings. The zero-order valence-electron chi connectivity index (χ0n) is 41.5. The molecule has 2 heteroatoms. The molecule has 2 nitrogen and oxygen atoms in total. The van der Waals surface area contributed by atoms with Crippen LogP contribution in [0.15, 0.2) is 194 Å². The average molecular weight is 917 g/mol. The molecule has 0 saturated heterocycles. The highest BCUT2D eigenvalue weighted by Crippen LogP contribution is 2.67. The molecule has 10 aromatic carbocycles. The summed E-state index contributed by atoms with van der Waals surface area (Å²) in [6.45, 7) is 10.3. The van der Waals surface area contributed by atoms with Crippen LogP contribution in [0.4, 0.5) is 22.7 Å². The molecule has 0 bridgehead atoms. The maximum absolute atomic E-state index is 2.83. The van der Waals surface area contributed by atoms with Crippen LogP contribution in [0.1, 0.15) is 112 Å². The Bertz CT molecular complexity index is 3830. The lowest BCUT2D eigenvalue weighted by molar-refractivity contribution is 0.195. The lowest BCUT2D eigenvalue weighted by atomic mass is 9.61. The van der Waals surface area contributed by atoms with Gasteiger partial charge in [0.15, 0.2) is 0 Å². The summed E-state index contributed by atoms with van der Waals surface area (Å²) in [5.41, 5.74) is 15.7. The fourth-order valence-corrected chi connectivity index (χ4v) is 16.2. The maximum Gasteiger partial charge on any atom is 0.0720 e. The number of fused-ring (bicyclic) bond motifs is 18. The van der Waals surface area contributed by atoms with Gasteiger partial charge in [-0.15, -0.1) is 0 Å². The molecule has 0 N–H and O–H groups in total. The molecule has 0 amide bonds. The van der Waals surface area contributed by atoms with Crippen LogP contribution in [0.2, 0.25) is 0 Å². The Labute approximate surface area is 418 Å². The van der Waals surface area contributed by atoms with Crippen molar-refractivity contribution in [3.63, 3.8) is 0 Å². The number of hydrogen-bond acceptors (Lipinski definition) is 2. The molecule has 2 heterocycles. The van der Waals surface area contributed by atoms with Gasteiger partial charge in [0.25, 0.3) is 0 Å². The van der Waals surface area contributed by atoms with Gasteiger partial charge in [0, 0.05) is 33.0 Å². The van der Waals surface area contributed by atoms with Crippen molar-refractivity contribution in [3.8, 4) is 11.1 Å². The molecule has 4 unspecified atom stereocenters. The van der Waals surface area contributed by atoms with Crippen molar-refractivity contribution >= 4 is 65.8 Å². The normalized spacial score (nSPS) is 24.7. The molecule has 15 rings (SSSR count). The molecule has 0 spiro atoms. The maximum atomic E-state index is 2.83. The number of nitrogens with zero attached hydrogens (tertiary/aromatic N) is 2. The molecule has 2 fully saturated rings. The molecule has 3 aliphatic carbocycles. The first-order valence-electron chi connectivity index (χ1n) is 26.6. The monoisotopic (exact) mass is 916 g/mol. The van der Waals surface area contributed by atoms with E-state index in [1.807, 2.05) is 0 Å². The Hall–Kier alpha value is -7.16. The van der Waals surface area contributed by atoms with Gasteiger partial charge >= 0.3 is 0 Å². The van der Waals surface area contributed by atoms with Gasteiger partial charge in [-0.2, -0.15) is 0 Å². The number of rotatable bonds is 4. The van der Waals surface area contributed by atoms with E-state index in [0.717, 1.165) is 12.8 Å². The van der Waals surface area contributed by atoms with E-state index in [0.29, 0.717) is 0 Å². The van der Waals surface area contributed by atoms with Gasteiger partial charge in [-0.25, -0.2) is 0 Å². The SMILES string of the molecule is CC12CCCCC1(C)N(c1ccc3c(c1)C(c1ccccc1)(c1ccccc1)c1c-3c3ccccc3c3cc(N4c5c(ccc6ccccc56)C5(C)CCCCC45C)ccc13)c1c2ccc2ccccc12. The van der Waals surface area contributed by atoms with Gasteiger partial charge < -0.3 is 9.80 Å². The van der Waals surface area contributed by atoms with E-state index < -0.39 is 5.41 Å². The van der Waals surface area contributed by atoms with E-state index in [1.54, 1.807) is 0 Å². The van der Waals surface area contributed by atoms with Gasteiger partial charge in [-0.05, 0) is 141 Å². The summed E-state index contributed by atoms with van der Waals surface area (Å²) in [7, 11) is 0. The highest BCUT2D eigenvalue weighted by Gasteiger charge is 2.60. The fraction of sp³-hybridized carbons (Fsp3) is 0.246. The van der Waals surface area contributed by atoms with Gasteiger partial charge in [-0.3, -0.25) is 0 Å². The molecule has 346 valence electrons. The second-order valence-corrected chi connectivity index (χ2v) is 22.9. The highest BCUT2D eigenvalue weighted by atomic mass is 15.3. The summed E-state index contributed by atoms with van der Waals surface area (Å²) < 4.78 is 0. The quantitative estimate of drug-likeness (QED) is 0.162. The Morgan fingerprint density at radius 1 is 0.352 bits per heavy atom. The van der Waals surface area contributed by atoms with E-state index in [4.69, 9.17) is 0 Å². The third kappa shape index (κ3) is 5.09. The molecule has 4 atom stereocenters. The Balaban J connectivity index is 1.04. The summed E-state index contributed by atoms with van der Waals surface area (Å²) in [5, 5.41) is 10.6. The average Bonchev–Trinajstić information content (AvgIpc) is 3.95. The second kappa shape index (κ2) is 14.5. The fourth-order valence-electron chi connectivity index (χ4n) is 16.2. The van der Waals surface area contributed by atoms with E-state index in [1.165, 1.54) is 149 Å². The lowest BCUT2D eigenvalue weighted by Crippen LogP contribution is -2.54. The highest BCUT2D eigenvalue weighted by molar-refractivity contribution is 6.20. The molecular weight excluding hydrogens is 857 g/mol. The minimum absolute atomic E-state index is 0.0148. The Kier molecular flexibility index (Phi) is 8.48. The zero-order valence-corrected chi connectivity index (χ0v) is 41.5. The minimum atomic E-state index is -0.616. The standard InChI is InChI=1S/C69H60N2/c1-65-39-17-19-41-67(65,3)70(63-51-27-13-11-21-45(51)31-37-58(63)65)49-33-35-55-57(43-49)53-29-15-16-30-54(53)61-56-36-34-50(44-60(56)69(62(55)61,47-23-7-5-8-24-47)48-25-9-6-10-26-48)71-64-52-28-14-12-22-46(52)32-38-59(64)66(2)40-18-20-42-68(66,71)4/h5-16,21-38,43-44H,17-20,39-42H2,1-4H3. The lowest BCUT2D eigenvalue weighted by Gasteiger charge is -2.50. The van der Waals surface area contributed by atoms with Crippen molar-refractivity contribution in [2.45, 2.75) is 106 Å². The predicted octanol–water partition coefficient (Wildman–Crippen LogP) is 18.1. The third-order valence-electron chi connectivity index (χ3n) is 20.0. The van der Waals surface area contributed by atoms with Crippen molar-refractivity contribution < 1.29 is 0 Å². The summed E-state index contributed by atoms with van der Waals surface area (Å²) in [6.07, 6.45) is 9.71. The van der Waals surface area contributed by atoms with Crippen molar-refractivity contribution in [1.82, 2.24) is 0 Å². The predicted molar refractivity (Wildman–Crippen MR) is 299 cm³/mol. The molecular formula is C69H60N2. The largest absolute Gasteiger partial charge is 0.334 e. The molecule has 71 heavy (non-hydrogen) atoms. The van der Waals surface area contributed by atoms with Gasteiger partial charge in [-0.1, -0.05) is 209 Å². The van der Waals surface area contributed by atoms with E-state index in [2.05, 4.69) is 232 Å². The summed E-state index contributed by atoms with van der Waals surface area (Å²) in [6, 6.07) is 75.6. The van der Waals surface area contributed by atoms with E-state index >= 15 is 0 Å². The molecule has 2 aliphatic heterocycles. The van der Waals surface area contributed by atoms with Crippen LogP contribution in [0.3, 0.4) is 0 Å². The Morgan fingerprint density at radius 2 is 0.817 bits per heavy atom. The second-order valence-electron chi connectivity index (χ2n) is 22.9. The number of hydrogen-bond donors (Lipinski definition) is 0. The van der Waals surface area contributed by atoms with Crippen LogP contribution in [-0.2, 0) is 16.2 Å². The molecule has 0 radical (unpaired) electrons. The molecule has 5 aliphatic rings. The zero-order chi connectivity index (χ0) is 47.5.